The zero-order valence-corrected chi connectivity index (χ0v) is 14.4. The molecule has 2 amide bonds. The number of fused-ring (bicyclic) bond motifs is 3. The number of hydrogen-bond acceptors (Lipinski definition) is 7. The average Bonchev–Trinajstić information content (AvgIpc) is 3.14. The van der Waals surface area contributed by atoms with Crippen LogP contribution < -0.4 is 0 Å². The monoisotopic (exact) mass is 368 g/mol. The van der Waals surface area contributed by atoms with Gasteiger partial charge in [-0.3, -0.25) is 34.4 Å². The number of hydrazone groups is 1. The van der Waals surface area contributed by atoms with Crippen molar-refractivity contribution in [1.29, 1.82) is 0 Å². The maximum atomic E-state index is 13.2. The fourth-order valence-corrected chi connectivity index (χ4v) is 4.15. The lowest BCUT2D eigenvalue weighted by Crippen LogP contribution is -2.45. The minimum Gasteiger partial charge on any atom is -0.292 e. The second kappa shape index (κ2) is 6.11. The van der Waals surface area contributed by atoms with Gasteiger partial charge in [0.15, 0.2) is 5.78 Å². The molecular weight excluding hydrogens is 352 g/mol. The first-order valence-electron chi connectivity index (χ1n) is 8.58. The highest BCUT2D eigenvalue weighted by Crippen LogP contribution is 2.45. The molecule has 3 heterocycles. The van der Waals surface area contributed by atoms with Gasteiger partial charge in [0.2, 0.25) is 11.8 Å². The number of allylic oxidation sites excluding steroid dienone is 1. The summed E-state index contributed by atoms with van der Waals surface area (Å²) in [5.74, 6) is -2.69. The first kappa shape index (κ1) is 17.1. The molecule has 0 spiro atoms. The highest BCUT2D eigenvalue weighted by Gasteiger charge is 2.63. The molecule has 138 valence electrons. The average molecular weight is 368 g/mol. The number of imide groups is 1. The predicted molar refractivity (Wildman–Crippen MR) is 93.8 cm³/mol. The van der Waals surface area contributed by atoms with Crippen LogP contribution in [0.4, 0.5) is 5.69 Å². The highest BCUT2D eigenvalue weighted by atomic mass is 16.6. The minimum atomic E-state index is -0.976. The fourth-order valence-electron chi connectivity index (χ4n) is 4.15. The minimum absolute atomic E-state index is 0.119. The van der Waals surface area contributed by atoms with Crippen LogP contribution in [0.5, 0.6) is 0 Å². The van der Waals surface area contributed by atoms with E-state index in [1.165, 1.54) is 40.4 Å². The summed E-state index contributed by atoms with van der Waals surface area (Å²) in [5, 5.41) is 16.7. The maximum absolute atomic E-state index is 13.2. The molecule has 2 fully saturated rings. The van der Waals surface area contributed by atoms with Crippen LogP contribution >= 0.6 is 0 Å². The predicted octanol–water partition coefficient (Wildman–Crippen LogP) is 1.01. The molecule has 2 saturated heterocycles. The van der Waals surface area contributed by atoms with Gasteiger partial charge in [0, 0.05) is 30.5 Å². The Morgan fingerprint density at radius 3 is 2.70 bits per heavy atom. The van der Waals surface area contributed by atoms with Gasteiger partial charge in [-0.2, -0.15) is 5.10 Å². The van der Waals surface area contributed by atoms with E-state index >= 15 is 0 Å². The lowest BCUT2D eigenvalue weighted by molar-refractivity contribution is -0.384. The van der Waals surface area contributed by atoms with Gasteiger partial charge in [0.25, 0.3) is 5.69 Å². The van der Waals surface area contributed by atoms with Crippen LogP contribution in [0.1, 0.15) is 17.3 Å². The van der Waals surface area contributed by atoms with Crippen LogP contribution in [0.15, 0.2) is 41.5 Å². The van der Waals surface area contributed by atoms with Gasteiger partial charge in [-0.15, -0.1) is 0 Å². The Hall–Kier alpha value is -3.36. The van der Waals surface area contributed by atoms with Crippen LogP contribution in [-0.2, 0) is 9.59 Å². The first-order chi connectivity index (χ1) is 13.0. The number of rotatable bonds is 4. The molecule has 0 N–H and O–H groups in total. The summed E-state index contributed by atoms with van der Waals surface area (Å²) >= 11 is 0. The van der Waals surface area contributed by atoms with Crippen LogP contribution in [0.2, 0.25) is 0 Å². The molecule has 1 aromatic carbocycles. The van der Waals surface area contributed by atoms with Crippen molar-refractivity contribution in [2.24, 2.45) is 16.9 Å². The standard InChI is InChI=1S/C18H16N4O5/c1-2-20-17(24)13-12-7-4-8-19-21(12)15(14(13)18(20)25)16(23)10-5-3-6-11(9-10)22(26)27/h3-9,12-15H,2H2,1H3/t12-,13-,14+,15-/m0/s1. The number of nitro benzene ring substituents is 1. The Kier molecular flexibility index (Phi) is 3.87. The molecule has 3 aliphatic rings. The molecule has 4 atom stereocenters. The number of nitrogens with zero attached hydrogens (tertiary/aromatic N) is 4. The summed E-state index contributed by atoms with van der Waals surface area (Å²) in [6, 6.07) is 3.92. The molecule has 0 aromatic heterocycles. The van der Waals surface area contributed by atoms with Crippen molar-refractivity contribution >= 4 is 29.5 Å². The molecule has 9 nitrogen and oxygen atoms in total. The quantitative estimate of drug-likeness (QED) is 0.339. The van der Waals surface area contributed by atoms with Crippen molar-refractivity contribution in [3.05, 3.63) is 52.1 Å². The first-order valence-corrected chi connectivity index (χ1v) is 8.58. The van der Waals surface area contributed by atoms with Crippen molar-refractivity contribution < 1.29 is 19.3 Å². The van der Waals surface area contributed by atoms with E-state index in [4.69, 9.17) is 0 Å². The Morgan fingerprint density at radius 1 is 1.26 bits per heavy atom. The summed E-state index contributed by atoms with van der Waals surface area (Å²) in [4.78, 5) is 50.4. The summed E-state index contributed by atoms with van der Waals surface area (Å²) in [6.45, 7) is 1.95. The largest absolute Gasteiger partial charge is 0.292 e. The molecule has 0 unspecified atom stereocenters. The molecule has 27 heavy (non-hydrogen) atoms. The Balaban J connectivity index is 1.78. The van der Waals surface area contributed by atoms with E-state index in [0.717, 1.165) is 0 Å². The van der Waals surface area contributed by atoms with E-state index in [0.29, 0.717) is 0 Å². The lowest BCUT2D eigenvalue weighted by atomic mass is 9.86. The summed E-state index contributed by atoms with van der Waals surface area (Å²) in [6.07, 6.45) is 4.94. The second-order valence-corrected chi connectivity index (χ2v) is 6.61. The van der Waals surface area contributed by atoms with Crippen molar-refractivity contribution in [2.75, 3.05) is 6.54 Å². The number of ketones is 1. The molecule has 0 saturated carbocycles. The summed E-state index contributed by atoms with van der Waals surface area (Å²) in [5.41, 5.74) is -0.0912. The van der Waals surface area contributed by atoms with Crippen LogP contribution in [0, 0.1) is 22.0 Å². The van der Waals surface area contributed by atoms with Gasteiger partial charge in [0.1, 0.15) is 6.04 Å². The van der Waals surface area contributed by atoms with E-state index in [1.54, 1.807) is 19.1 Å². The fraction of sp³-hybridized carbons (Fsp3) is 0.333. The molecule has 3 aliphatic heterocycles. The van der Waals surface area contributed by atoms with Crippen molar-refractivity contribution in [1.82, 2.24) is 9.91 Å². The van der Waals surface area contributed by atoms with Crippen LogP contribution in [0.3, 0.4) is 0 Å². The molecule has 4 rings (SSSR count). The molecule has 0 aliphatic carbocycles. The number of benzene rings is 1. The zero-order chi connectivity index (χ0) is 19.3. The maximum Gasteiger partial charge on any atom is 0.270 e. The van der Waals surface area contributed by atoms with Gasteiger partial charge in [-0.05, 0) is 13.0 Å². The van der Waals surface area contributed by atoms with Gasteiger partial charge >= 0.3 is 0 Å². The Morgan fingerprint density at radius 2 is 2.00 bits per heavy atom. The van der Waals surface area contributed by atoms with Gasteiger partial charge in [-0.1, -0.05) is 18.2 Å². The number of likely N-dealkylation sites (tertiary alicyclic amines) is 1. The number of amides is 2. The van der Waals surface area contributed by atoms with E-state index in [2.05, 4.69) is 5.10 Å². The summed E-state index contributed by atoms with van der Waals surface area (Å²) in [7, 11) is 0. The molecule has 1 aromatic rings. The third-order valence-corrected chi connectivity index (χ3v) is 5.31. The molecule has 0 radical (unpaired) electrons. The molecule has 0 bridgehead atoms. The van der Waals surface area contributed by atoms with Gasteiger partial charge < -0.3 is 0 Å². The summed E-state index contributed by atoms with van der Waals surface area (Å²) < 4.78 is 0. The van der Waals surface area contributed by atoms with Gasteiger partial charge in [0.05, 0.1) is 22.8 Å². The number of carbonyl (C=O) groups excluding carboxylic acids is 3. The van der Waals surface area contributed by atoms with Crippen molar-refractivity contribution in [3.8, 4) is 0 Å². The Labute approximate surface area is 154 Å². The third kappa shape index (κ3) is 2.38. The number of hydrogen-bond donors (Lipinski definition) is 0. The van der Waals surface area contributed by atoms with E-state index < -0.39 is 40.5 Å². The van der Waals surface area contributed by atoms with E-state index in [9.17, 15) is 24.5 Å². The highest BCUT2D eigenvalue weighted by molar-refractivity contribution is 6.12. The molecular formula is C18H16N4O5. The van der Waals surface area contributed by atoms with Crippen LogP contribution in [0.25, 0.3) is 0 Å². The molecule has 9 heteroatoms. The lowest BCUT2D eigenvalue weighted by Gasteiger charge is -2.30. The Bertz CT molecular complexity index is 924. The smallest absolute Gasteiger partial charge is 0.270 e. The van der Waals surface area contributed by atoms with E-state index in [-0.39, 0.29) is 23.7 Å². The number of carbonyl (C=O) groups is 3. The normalized spacial score (nSPS) is 28.5. The van der Waals surface area contributed by atoms with Crippen LogP contribution in [-0.4, -0.2) is 57.3 Å². The number of Topliss-reactive ketones (excluding diaryl/α,β-unsaturated/α-hetero) is 1. The van der Waals surface area contributed by atoms with Gasteiger partial charge in [-0.25, -0.2) is 0 Å². The third-order valence-electron chi connectivity index (χ3n) is 5.31. The topological polar surface area (TPSA) is 113 Å². The number of nitro groups is 1. The number of non-ortho nitro benzene ring substituents is 1. The van der Waals surface area contributed by atoms with Crippen molar-refractivity contribution in [2.45, 2.75) is 19.0 Å². The van der Waals surface area contributed by atoms with Crippen molar-refractivity contribution in [3.63, 3.8) is 0 Å². The van der Waals surface area contributed by atoms with E-state index in [1.807, 2.05) is 0 Å². The zero-order valence-electron chi connectivity index (χ0n) is 14.4. The SMILES string of the molecule is CCN1C(=O)[C@@H]2[C@@H](C1=O)[C@@H]1C=CC=NN1[C@@H]2C(=O)c1cccc([N+](=O)[O-])c1. The second-order valence-electron chi connectivity index (χ2n) is 6.61.